The highest BCUT2D eigenvalue weighted by atomic mass is 32.2. The van der Waals surface area contributed by atoms with E-state index in [4.69, 9.17) is 0 Å². The maximum absolute atomic E-state index is 13.2. The highest BCUT2D eigenvalue weighted by Crippen LogP contribution is 2.69. The molecule has 1 spiro atoms. The first-order chi connectivity index (χ1) is 10.7. The van der Waals surface area contributed by atoms with Gasteiger partial charge in [-0.2, -0.15) is 8.42 Å². The van der Waals surface area contributed by atoms with E-state index in [2.05, 4.69) is 0 Å². The predicted molar refractivity (Wildman–Crippen MR) is 87.9 cm³/mol. The summed E-state index contributed by atoms with van der Waals surface area (Å²) in [6.45, 7) is 3.89. The number of hydrogen-bond donors (Lipinski definition) is 1. The summed E-state index contributed by atoms with van der Waals surface area (Å²) in [5.74, 6) is -0.137. The summed E-state index contributed by atoms with van der Waals surface area (Å²) >= 11 is 0. The number of allylic oxidation sites excluding steroid dienone is 2. The molecule has 4 nitrogen and oxygen atoms in total. The Morgan fingerprint density at radius 1 is 1.09 bits per heavy atom. The first-order valence-corrected chi connectivity index (χ1v) is 9.18. The fourth-order valence-corrected chi connectivity index (χ4v) is 6.04. The molecule has 0 aromatic heterocycles. The standard InChI is InChI=1S/C18H18O4S/c1-17(2)14-7-8-18(17)15(23(20,21)22)10-12-5-3-11(4-6-12)9-13(14)16(18)19/h3-6,9-10,14H,7-8H2,1-2H3,(H,20,21,22)/b13-9-,15-10?. The fourth-order valence-electron chi connectivity index (χ4n) is 4.85. The van der Waals surface area contributed by atoms with Crippen molar-refractivity contribution in [1.82, 2.24) is 0 Å². The van der Waals surface area contributed by atoms with Crippen molar-refractivity contribution in [2.24, 2.45) is 16.7 Å². The van der Waals surface area contributed by atoms with E-state index in [0.717, 1.165) is 12.0 Å². The molecule has 5 bridgehead atoms. The Hall–Kier alpha value is -1.72. The molecule has 1 aromatic rings. The van der Waals surface area contributed by atoms with Crippen LogP contribution >= 0.6 is 0 Å². The van der Waals surface area contributed by atoms with Crippen LogP contribution in [0.1, 0.15) is 37.8 Å². The van der Waals surface area contributed by atoms with Crippen LogP contribution in [0.15, 0.2) is 34.7 Å². The third kappa shape index (κ3) is 1.69. The molecule has 0 aliphatic heterocycles. The van der Waals surface area contributed by atoms with Crippen LogP contribution in [-0.4, -0.2) is 18.8 Å². The van der Waals surface area contributed by atoms with E-state index in [1.165, 1.54) is 6.08 Å². The topological polar surface area (TPSA) is 71.4 Å². The second kappa shape index (κ2) is 4.22. The van der Waals surface area contributed by atoms with Crippen LogP contribution in [0.2, 0.25) is 0 Å². The lowest BCUT2D eigenvalue weighted by atomic mass is 9.68. The number of Topliss-reactive ketones (excluding diaryl/α,β-unsaturated/α-hetero) is 1. The van der Waals surface area contributed by atoms with Gasteiger partial charge in [0, 0.05) is 5.57 Å². The van der Waals surface area contributed by atoms with Gasteiger partial charge >= 0.3 is 0 Å². The summed E-state index contributed by atoms with van der Waals surface area (Å²) in [6, 6.07) is 7.35. The lowest BCUT2D eigenvalue weighted by Crippen LogP contribution is -2.40. The van der Waals surface area contributed by atoms with E-state index in [1.807, 2.05) is 44.2 Å². The minimum atomic E-state index is -4.48. The molecule has 0 saturated heterocycles. The summed E-state index contributed by atoms with van der Waals surface area (Å²) in [7, 11) is -4.48. The lowest BCUT2D eigenvalue weighted by Gasteiger charge is -2.36. The molecular formula is C18H18O4S. The van der Waals surface area contributed by atoms with Crippen LogP contribution in [-0.2, 0) is 14.9 Å². The molecule has 0 radical (unpaired) electrons. The normalized spacial score (nSPS) is 33.3. The third-order valence-corrected chi connectivity index (χ3v) is 7.08. The average Bonchev–Trinajstić information content (AvgIpc) is 2.78. The Morgan fingerprint density at radius 2 is 1.65 bits per heavy atom. The first kappa shape index (κ1) is 14.8. The zero-order valence-corrected chi connectivity index (χ0v) is 13.9. The highest BCUT2D eigenvalue weighted by molar-refractivity contribution is 7.90. The largest absolute Gasteiger partial charge is 0.293 e. The van der Waals surface area contributed by atoms with Crippen LogP contribution in [0.3, 0.4) is 0 Å². The Balaban J connectivity index is 2.16. The number of carbonyl (C=O) groups excluding carboxylic acids is 1. The SMILES string of the molecule is CC1(C)C2CCC13C(=O)/C2=C\c1ccc(cc1)C=C3S(=O)(=O)O. The van der Waals surface area contributed by atoms with Gasteiger partial charge in [-0.05, 0) is 47.5 Å². The third-order valence-electron chi connectivity index (χ3n) is 6.06. The van der Waals surface area contributed by atoms with Gasteiger partial charge in [-0.1, -0.05) is 38.1 Å². The van der Waals surface area contributed by atoms with Crippen molar-refractivity contribution in [1.29, 1.82) is 0 Å². The Morgan fingerprint density at radius 3 is 2.22 bits per heavy atom. The van der Waals surface area contributed by atoms with Gasteiger partial charge in [0.15, 0.2) is 5.78 Å². The van der Waals surface area contributed by atoms with E-state index in [0.29, 0.717) is 17.6 Å². The molecule has 2 atom stereocenters. The summed E-state index contributed by atoms with van der Waals surface area (Å²) in [5.41, 5.74) is 0.600. The molecule has 1 N–H and O–H groups in total. The number of benzene rings is 1. The Kier molecular flexibility index (Phi) is 2.72. The molecular weight excluding hydrogens is 312 g/mol. The van der Waals surface area contributed by atoms with Crippen molar-refractivity contribution in [2.45, 2.75) is 26.7 Å². The summed E-state index contributed by atoms with van der Waals surface area (Å²) in [4.78, 5) is 13.1. The highest BCUT2D eigenvalue weighted by Gasteiger charge is 2.69. The summed E-state index contributed by atoms with van der Waals surface area (Å²) in [6.07, 6.45) is 4.57. The molecule has 1 aromatic carbocycles. The summed E-state index contributed by atoms with van der Waals surface area (Å²) in [5, 5.41) is 0. The van der Waals surface area contributed by atoms with E-state index in [9.17, 15) is 17.8 Å². The Labute approximate surface area is 135 Å². The second-order valence-electron chi connectivity index (χ2n) is 7.30. The number of fused-ring (bicyclic) bond motifs is 3. The lowest BCUT2D eigenvalue weighted by molar-refractivity contribution is -0.123. The molecule has 2 fully saturated rings. The van der Waals surface area contributed by atoms with Crippen molar-refractivity contribution in [2.75, 3.05) is 0 Å². The van der Waals surface area contributed by atoms with Gasteiger partial charge in [0.25, 0.3) is 10.1 Å². The van der Waals surface area contributed by atoms with Crippen LogP contribution in [0, 0.1) is 16.7 Å². The van der Waals surface area contributed by atoms with Gasteiger partial charge in [-0.3, -0.25) is 9.35 Å². The number of rotatable bonds is 1. The fraction of sp³-hybridized carbons (Fsp3) is 0.389. The Bertz CT molecular complexity index is 887. The van der Waals surface area contributed by atoms with E-state index in [1.54, 1.807) is 0 Å². The van der Waals surface area contributed by atoms with Gasteiger partial charge in [-0.15, -0.1) is 0 Å². The molecule has 120 valence electrons. The molecule has 5 rings (SSSR count). The molecule has 23 heavy (non-hydrogen) atoms. The van der Waals surface area contributed by atoms with Crippen molar-refractivity contribution in [3.8, 4) is 0 Å². The molecule has 0 heterocycles. The van der Waals surface area contributed by atoms with Crippen molar-refractivity contribution in [3.63, 3.8) is 0 Å². The van der Waals surface area contributed by atoms with Gasteiger partial charge in [-0.25, -0.2) is 0 Å². The van der Waals surface area contributed by atoms with E-state index >= 15 is 0 Å². The predicted octanol–water partition coefficient (Wildman–Crippen LogP) is 3.32. The van der Waals surface area contributed by atoms with Crippen molar-refractivity contribution >= 4 is 28.1 Å². The molecule has 4 aliphatic rings. The zero-order valence-electron chi connectivity index (χ0n) is 13.0. The zero-order chi connectivity index (χ0) is 16.6. The number of ketones is 1. The molecule has 0 amide bonds. The van der Waals surface area contributed by atoms with Gasteiger partial charge in [0.05, 0.1) is 10.3 Å². The van der Waals surface area contributed by atoms with Crippen LogP contribution in [0.5, 0.6) is 0 Å². The quantitative estimate of drug-likeness (QED) is 0.802. The maximum atomic E-state index is 13.2. The van der Waals surface area contributed by atoms with Crippen molar-refractivity contribution in [3.05, 3.63) is 45.9 Å². The average molecular weight is 330 g/mol. The van der Waals surface area contributed by atoms with Crippen molar-refractivity contribution < 1.29 is 17.8 Å². The monoisotopic (exact) mass is 330 g/mol. The molecule has 5 heteroatoms. The molecule has 2 saturated carbocycles. The number of hydrogen-bond acceptors (Lipinski definition) is 3. The number of carbonyl (C=O) groups is 1. The smallest absolute Gasteiger partial charge is 0.291 e. The maximum Gasteiger partial charge on any atom is 0.291 e. The first-order valence-electron chi connectivity index (χ1n) is 7.74. The van der Waals surface area contributed by atoms with Gasteiger partial charge < -0.3 is 0 Å². The summed E-state index contributed by atoms with van der Waals surface area (Å²) < 4.78 is 34.3. The van der Waals surface area contributed by atoms with Gasteiger partial charge in [0.2, 0.25) is 0 Å². The van der Waals surface area contributed by atoms with Gasteiger partial charge in [0.1, 0.15) is 0 Å². The van der Waals surface area contributed by atoms with E-state index < -0.39 is 20.9 Å². The van der Waals surface area contributed by atoms with Crippen LogP contribution < -0.4 is 0 Å². The van der Waals surface area contributed by atoms with Crippen LogP contribution in [0.25, 0.3) is 12.2 Å². The molecule has 4 aliphatic carbocycles. The van der Waals surface area contributed by atoms with Crippen LogP contribution in [0.4, 0.5) is 0 Å². The molecule has 2 unspecified atom stereocenters. The minimum absolute atomic E-state index is 0.0107. The second-order valence-corrected chi connectivity index (χ2v) is 8.69. The van der Waals surface area contributed by atoms with E-state index in [-0.39, 0.29) is 16.6 Å². The minimum Gasteiger partial charge on any atom is -0.293 e.